The van der Waals surface area contributed by atoms with Crippen LogP contribution in [0.1, 0.15) is 12.5 Å². The monoisotopic (exact) mass is 220 g/mol. The third kappa shape index (κ3) is 2.73. The van der Waals surface area contributed by atoms with E-state index in [9.17, 15) is 4.79 Å². The van der Waals surface area contributed by atoms with Gasteiger partial charge in [-0.3, -0.25) is 10.3 Å². The normalized spacial score (nSPS) is 9.62. The van der Waals surface area contributed by atoms with Crippen molar-refractivity contribution in [2.45, 2.75) is 6.92 Å². The van der Waals surface area contributed by atoms with Crippen LogP contribution in [0.4, 0.5) is 10.5 Å². The molecule has 0 radical (unpaired) electrons. The second-order valence-electron chi connectivity index (χ2n) is 3.36. The number of carbonyl (C=O) groups is 1. The Morgan fingerprint density at radius 1 is 1.56 bits per heavy atom. The highest BCUT2D eigenvalue weighted by Gasteiger charge is 2.09. The zero-order valence-electron chi connectivity index (χ0n) is 9.45. The first-order valence-electron chi connectivity index (χ1n) is 5.02. The lowest BCUT2D eigenvalue weighted by Crippen LogP contribution is -2.37. The lowest BCUT2D eigenvalue weighted by molar-refractivity contribution is 0.248. The van der Waals surface area contributed by atoms with E-state index in [1.807, 2.05) is 6.92 Å². The van der Waals surface area contributed by atoms with Crippen LogP contribution in [0.2, 0.25) is 0 Å². The van der Waals surface area contributed by atoms with E-state index in [0.717, 1.165) is 0 Å². The predicted octanol–water partition coefficient (Wildman–Crippen LogP) is 1.14. The predicted molar refractivity (Wildman–Crippen MR) is 64.9 cm³/mol. The van der Waals surface area contributed by atoms with Gasteiger partial charge in [0.05, 0.1) is 0 Å². The fourth-order valence-electron chi connectivity index (χ4n) is 1.27. The topological polar surface area (TPSA) is 82.2 Å². The number of amides is 2. The van der Waals surface area contributed by atoms with Crippen molar-refractivity contribution < 1.29 is 4.79 Å². The first kappa shape index (κ1) is 12.0. The Morgan fingerprint density at radius 3 is 2.81 bits per heavy atom. The van der Waals surface area contributed by atoms with Crippen molar-refractivity contribution >= 4 is 17.6 Å². The quantitative estimate of drug-likeness (QED) is 0.527. The van der Waals surface area contributed by atoms with E-state index in [4.69, 9.17) is 11.1 Å². The molecule has 0 saturated carbocycles. The van der Waals surface area contributed by atoms with Gasteiger partial charge in [-0.05, 0) is 19.1 Å². The van der Waals surface area contributed by atoms with E-state index in [-0.39, 0.29) is 11.9 Å². The molecule has 0 aromatic heterocycles. The van der Waals surface area contributed by atoms with Gasteiger partial charge in [0.1, 0.15) is 5.84 Å². The summed E-state index contributed by atoms with van der Waals surface area (Å²) in [4.78, 5) is 13.0. The lowest BCUT2D eigenvalue weighted by atomic mass is 10.2. The molecular formula is C11H16N4O. The summed E-state index contributed by atoms with van der Waals surface area (Å²) in [5.74, 6) is -0.00819. The average Bonchev–Trinajstić information content (AvgIpc) is 2.28. The van der Waals surface area contributed by atoms with Gasteiger partial charge in [-0.25, -0.2) is 4.79 Å². The van der Waals surface area contributed by atoms with Gasteiger partial charge in [0.25, 0.3) is 0 Å². The van der Waals surface area contributed by atoms with Crippen LogP contribution in [-0.4, -0.2) is 25.5 Å². The van der Waals surface area contributed by atoms with Crippen LogP contribution in [0.5, 0.6) is 0 Å². The molecule has 1 rings (SSSR count). The fourth-order valence-corrected chi connectivity index (χ4v) is 1.27. The molecule has 0 aliphatic heterocycles. The molecule has 0 fully saturated rings. The number of nitrogens with zero attached hydrogens (tertiary/aromatic N) is 1. The Hall–Kier alpha value is -2.04. The number of urea groups is 1. The smallest absolute Gasteiger partial charge is 0.321 e. The molecule has 0 atom stereocenters. The molecule has 5 nitrogen and oxygen atoms in total. The maximum absolute atomic E-state index is 11.6. The summed E-state index contributed by atoms with van der Waals surface area (Å²) >= 11 is 0. The molecule has 2 amide bonds. The van der Waals surface area contributed by atoms with Gasteiger partial charge >= 0.3 is 6.03 Å². The van der Waals surface area contributed by atoms with Crippen molar-refractivity contribution in [3.8, 4) is 0 Å². The molecule has 4 N–H and O–H groups in total. The van der Waals surface area contributed by atoms with Gasteiger partial charge in [-0.2, -0.15) is 0 Å². The minimum atomic E-state index is -0.178. The Balaban J connectivity index is 2.91. The van der Waals surface area contributed by atoms with Crippen molar-refractivity contribution in [2.24, 2.45) is 5.73 Å². The van der Waals surface area contributed by atoms with Crippen LogP contribution < -0.4 is 16.0 Å². The van der Waals surface area contributed by atoms with Crippen LogP contribution in [0.15, 0.2) is 24.3 Å². The van der Waals surface area contributed by atoms with Crippen molar-refractivity contribution in [3.05, 3.63) is 29.8 Å². The number of carbonyl (C=O) groups excluding carboxylic acids is 1. The van der Waals surface area contributed by atoms with E-state index >= 15 is 0 Å². The third-order valence-electron chi connectivity index (χ3n) is 2.18. The number of nitrogen functional groups attached to an aromatic ring is 1. The molecule has 0 heterocycles. The minimum absolute atomic E-state index is 0.00819. The third-order valence-corrected chi connectivity index (χ3v) is 2.18. The Bertz CT molecular complexity index is 403. The highest BCUT2D eigenvalue weighted by Crippen LogP contribution is 2.14. The first-order chi connectivity index (χ1) is 7.56. The van der Waals surface area contributed by atoms with Gasteiger partial charge < -0.3 is 11.1 Å². The summed E-state index contributed by atoms with van der Waals surface area (Å²) in [6, 6.07) is 6.82. The standard InChI is InChI=1S/C11H16N4O/c1-3-14-11(16)15(2)9-6-4-5-8(7-9)10(12)13/h4-7H,3H2,1-2H3,(H3,12,13)(H,14,16). The van der Waals surface area contributed by atoms with Crippen LogP contribution in [0, 0.1) is 5.41 Å². The zero-order valence-corrected chi connectivity index (χ0v) is 9.45. The first-order valence-corrected chi connectivity index (χ1v) is 5.02. The second kappa shape index (κ2) is 5.16. The van der Waals surface area contributed by atoms with Crippen LogP contribution >= 0.6 is 0 Å². The SMILES string of the molecule is CCNC(=O)N(C)c1cccc(C(=N)N)c1. The molecule has 0 spiro atoms. The lowest BCUT2D eigenvalue weighted by Gasteiger charge is -2.18. The largest absolute Gasteiger partial charge is 0.384 e. The number of nitrogens with one attached hydrogen (secondary N) is 2. The van der Waals surface area contributed by atoms with Gasteiger partial charge in [-0.15, -0.1) is 0 Å². The fraction of sp³-hybridized carbons (Fsp3) is 0.273. The number of nitrogens with two attached hydrogens (primary N) is 1. The Kier molecular flexibility index (Phi) is 3.88. The van der Waals surface area contributed by atoms with Crippen molar-refractivity contribution in [2.75, 3.05) is 18.5 Å². The number of hydrogen-bond donors (Lipinski definition) is 3. The molecule has 1 aromatic carbocycles. The minimum Gasteiger partial charge on any atom is -0.384 e. The number of anilines is 1. The van der Waals surface area contributed by atoms with Crippen LogP contribution in [-0.2, 0) is 0 Å². The molecule has 0 bridgehead atoms. The van der Waals surface area contributed by atoms with E-state index in [0.29, 0.717) is 17.8 Å². The zero-order chi connectivity index (χ0) is 12.1. The van der Waals surface area contributed by atoms with E-state index in [1.165, 1.54) is 4.90 Å². The maximum atomic E-state index is 11.6. The average molecular weight is 220 g/mol. The van der Waals surface area contributed by atoms with E-state index < -0.39 is 0 Å². The second-order valence-corrected chi connectivity index (χ2v) is 3.36. The molecule has 1 aromatic rings. The summed E-state index contributed by atoms with van der Waals surface area (Å²) in [6.07, 6.45) is 0. The van der Waals surface area contributed by atoms with Crippen LogP contribution in [0.25, 0.3) is 0 Å². The number of amidine groups is 1. The number of hydrogen-bond acceptors (Lipinski definition) is 2. The molecular weight excluding hydrogens is 204 g/mol. The summed E-state index contributed by atoms with van der Waals surface area (Å²) in [5, 5.41) is 10.0. The summed E-state index contributed by atoms with van der Waals surface area (Å²) in [5.41, 5.74) is 6.69. The summed E-state index contributed by atoms with van der Waals surface area (Å²) < 4.78 is 0. The van der Waals surface area contributed by atoms with Gasteiger partial charge in [0.15, 0.2) is 0 Å². The molecule has 5 heteroatoms. The molecule has 0 saturated heterocycles. The molecule has 0 unspecified atom stereocenters. The van der Waals surface area contributed by atoms with Gasteiger partial charge in [0.2, 0.25) is 0 Å². The highest BCUT2D eigenvalue weighted by molar-refractivity contribution is 5.97. The number of rotatable bonds is 3. The molecule has 0 aliphatic rings. The van der Waals surface area contributed by atoms with Gasteiger partial charge in [0, 0.05) is 24.8 Å². The number of benzene rings is 1. The Morgan fingerprint density at radius 2 is 2.25 bits per heavy atom. The van der Waals surface area contributed by atoms with Crippen molar-refractivity contribution in [3.63, 3.8) is 0 Å². The molecule has 86 valence electrons. The van der Waals surface area contributed by atoms with E-state index in [2.05, 4.69) is 5.32 Å². The molecule has 0 aliphatic carbocycles. The molecule has 16 heavy (non-hydrogen) atoms. The van der Waals surface area contributed by atoms with Gasteiger partial charge in [-0.1, -0.05) is 12.1 Å². The summed E-state index contributed by atoms with van der Waals surface area (Å²) in [6.45, 7) is 2.44. The van der Waals surface area contributed by atoms with Crippen molar-refractivity contribution in [1.82, 2.24) is 5.32 Å². The van der Waals surface area contributed by atoms with Crippen molar-refractivity contribution in [1.29, 1.82) is 5.41 Å². The maximum Gasteiger partial charge on any atom is 0.321 e. The summed E-state index contributed by atoms with van der Waals surface area (Å²) in [7, 11) is 1.67. The van der Waals surface area contributed by atoms with Crippen LogP contribution in [0.3, 0.4) is 0 Å². The Labute approximate surface area is 94.8 Å². The highest BCUT2D eigenvalue weighted by atomic mass is 16.2. The van der Waals surface area contributed by atoms with E-state index in [1.54, 1.807) is 31.3 Å².